The Morgan fingerprint density at radius 1 is 1.29 bits per heavy atom. The summed E-state index contributed by atoms with van der Waals surface area (Å²) in [6, 6.07) is 12.8. The van der Waals surface area contributed by atoms with Gasteiger partial charge in [0.05, 0.1) is 19.1 Å². The van der Waals surface area contributed by atoms with Crippen molar-refractivity contribution >= 4 is 35.2 Å². The summed E-state index contributed by atoms with van der Waals surface area (Å²) >= 11 is 2.75. The van der Waals surface area contributed by atoms with Crippen LogP contribution in [-0.4, -0.2) is 40.3 Å². The number of benzene rings is 2. The summed E-state index contributed by atoms with van der Waals surface area (Å²) in [5.41, 5.74) is 5.34. The van der Waals surface area contributed by atoms with E-state index in [1.807, 2.05) is 31.2 Å². The van der Waals surface area contributed by atoms with E-state index in [1.165, 1.54) is 48.1 Å². The number of thioether (sulfide) groups is 1. The predicted molar refractivity (Wildman–Crippen MR) is 111 cm³/mol. The van der Waals surface area contributed by atoms with Crippen LogP contribution in [0.3, 0.4) is 0 Å². The molecule has 2 N–H and O–H groups in total. The average Bonchev–Trinajstić information content (AvgIpc) is 3.17. The Balaban J connectivity index is 1.50. The molecule has 0 radical (unpaired) electrons. The van der Waals surface area contributed by atoms with Crippen LogP contribution in [0.5, 0.6) is 11.5 Å². The topological polar surface area (TPSA) is 96.7 Å². The third-order valence-electron chi connectivity index (χ3n) is 3.64. The van der Waals surface area contributed by atoms with Crippen LogP contribution < -0.4 is 10.2 Å². The maximum atomic E-state index is 11.9. The fourth-order valence-corrected chi connectivity index (χ4v) is 3.84. The molecule has 9 heteroatoms. The van der Waals surface area contributed by atoms with E-state index in [4.69, 9.17) is 4.74 Å². The monoisotopic (exact) mass is 414 g/mol. The van der Waals surface area contributed by atoms with Crippen LogP contribution >= 0.6 is 23.1 Å². The van der Waals surface area contributed by atoms with Crippen molar-refractivity contribution in [1.29, 1.82) is 0 Å². The fraction of sp³-hybridized carbons (Fsp3) is 0.158. The summed E-state index contributed by atoms with van der Waals surface area (Å²) in [5.74, 6) is 0.311. The average molecular weight is 415 g/mol. The number of carbonyl (C=O) groups excluding carboxylic acids is 1. The first-order chi connectivity index (χ1) is 13.5. The number of amides is 1. The number of nitrogens with zero attached hydrogens (tertiary/aromatic N) is 3. The van der Waals surface area contributed by atoms with E-state index >= 15 is 0 Å². The third-order valence-corrected chi connectivity index (χ3v) is 5.74. The van der Waals surface area contributed by atoms with Gasteiger partial charge in [0, 0.05) is 5.56 Å². The highest BCUT2D eigenvalue weighted by atomic mass is 32.2. The number of phenolic OH excluding ortho intramolecular Hbond substituents is 1. The van der Waals surface area contributed by atoms with Crippen molar-refractivity contribution in [3.05, 3.63) is 53.6 Å². The Bertz CT molecular complexity index is 987. The normalized spacial score (nSPS) is 10.9. The molecule has 0 aliphatic heterocycles. The van der Waals surface area contributed by atoms with E-state index in [1.54, 1.807) is 12.1 Å². The molecule has 1 aromatic heterocycles. The van der Waals surface area contributed by atoms with Crippen LogP contribution in [-0.2, 0) is 4.79 Å². The van der Waals surface area contributed by atoms with Gasteiger partial charge in [-0.2, -0.15) is 5.10 Å². The second-order valence-electron chi connectivity index (χ2n) is 5.75. The molecule has 0 fully saturated rings. The van der Waals surface area contributed by atoms with Gasteiger partial charge in [0.2, 0.25) is 0 Å². The van der Waals surface area contributed by atoms with Gasteiger partial charge in [-0.3, -0.25) is 4.79 Å². The molecule has 28 heavy (non-hydrogen) atoms. The lowest BCUT2D eigenvalue weighted by Crippen LogP contribution is -2.19. The summed E-state index contributed by atoms with van der Waals surface area (Å²) in [5, 5.41) is 22.6. The maximum absolute atomic E-state index is 11.9. The minimum absolute atomic E-state index is 0.0437. The number of aryl methyl sites for hydroxylation is 1. The third kappa shape index (κ3) is 5.30. The highest BCUT2D eigenvalue weighted by Gasteiger charge is 2.09. The number of phenols is 1. The number of aromatic hydroxyl groups is 1. The van der Waals surface area contributed by atoms with Crippen molar-refractivity contribution in [2.45, 2.75) is 11.3 Å². The van der Waals surface area contributed by atoms with Crippen molar-refractivity contribution in [2.24, 2.45) is 5.10 Å². The molecule has 3 aromatic rings. The molecule has 144 valence electrons. The molecule has 0 saturated carbocycles. The van der Waals surface area contributed by atoms with E-state index in [9.17, 15) is 9.90 Å². The molecule has 0 spiro atoms. The number of aromatic nitrogens is 2. The lowest BCUT2D eigenvalue weighted by Gasteiger charge is -2.03. The molecule has 0 bridgehead atoms. The molecule has 1 amide bonds. The Kier molecular flexibility index (Phi) is 6.62. The summed E-state index contributed by atoms with van der Waals surface area (Å²) in [6.07, 6.45) is 1.48. The Morgan fingerprint density at radius 3 is 2.82 bits per heavy atom. The summed E-state index contributed by atoms with van der Waals surface area (Å²) in [6.45, 7) is 2.03. The molecule has 0 aliphatic rings. The first kappa shape index (κ1) is 19.8. The standard InChI is InChI=1S/C19H18N4O3S2/c1-12-3-6-14(7-4-12)18-22-23-19(28-18)27-11-17(25)21-20-10-13-5-8-15(24)16(9-13)26-2/h3-10,24H,11H2,1-2H3,(H,21,25)/b20-10+. The summed E-state index contributed by atoms with van der Waals surface area (Å²) < 4.78 is 5.75. The van der Waals surface area contributed by atoms with Crippen molar-refractivity contribution in [1.82, 2.24) is 15.6 Å². The summed E-state index contributed by atoms with van der Waals surface area (Å²) in [4.78, 5) is 11.9. The predicted octanol–water partition coefficient (Wildman–Crippen LogP) is 3.47. The Hall–Kier alpha value is -2.91. The molecule has 0 atom stereocenters. The van der Waals surface area contributed by atoms with Crippen molar-refractivity contribution in [3.8, 4) is 22.1 Å². The first-order valence-corrected chi connectivity index (χ1v) is 10.1. The number of hydrogen-bond donors (Lipinski definition) is 2. The lowest BCUT2D eigenvalue weighted by molar-refractivity contribution is -0.118. The lowest BCUT2D eigenvalue weighted by atomic mass is 10.2. The number of carbonyl (C=O) groups is 1. The molecule has 3 rings (SSSR count). The van der Waals surface area contributed by atoms with Gasteiger partial charge in [-0.05, 0) is 30.7 Å². The second-order valence-corrected chi connectivity index (χ2v) is 7.95. The van der Waals surface area contributed by atoms with Gasteiger partial charge in [0.25, 0.3) is 5.91 Å². The van der Waals surface area contributed by atoms with Gasteiger partial charge >= 0.3 is 0 Å². The van der Waals surface area contributed by atoms with E-state index in [-0.39, 0.29) is 17.4 Å². The van der Waals surface area contributed by atoms with Crippen molar-refractivity contribution in [2.75, 3.05) is 12.9 Å². The Morgan fingerprint density at radius 2 is 2.07 bits per heavy atom. The fourth-order valence-electron chi connectivity index (χ4n) is 2.19. The number of nitrogens with one attached hydrogen (secondary N) is 1. The van der Waals surface area contributed by atoms with E-state index in [0.29, 0.717) is 11.3 Å². The zero-order valence-corrected chi connectivity index (χ0v) is 16.9. The van der Waals surface area contributed by atoms with Gasteiger partial charge in [0.15, 0.2) is 15.8 Å². The van der Waals surface area contributed by atoms with E-state index in [0.717, 1.165) is 14.9 Å². The smallest absolute Gasteiger partial charge is 0.250 e. The quantitative estimate of drug-likeness (QED) is 0.349. The van der Waals surface area contributed by atoms with Crippen LogP contribution in [0.25, 0.3) is 10.6 Å². The van der Waals surface area contributed by atoms with Gasteiger partial charge < -0.3 is 9.84 Å². The molecule has 1 heterocycles. The molecule has 2 aromatic carbocycles. The number of hydrazone groups is 1. The zero-order chi connectivity index (χ0) is 19.9. The van der Waals surface area contributed by atoms with Gasteiger partial charge in [-0.25, -0.2) is 5.43 Å². The van der Waals surface area contributed by atoms with Crippen LogP contribution in [0.15, 0.2) is 51.9 Å². The van der Waals surface area contributed by atoms with Crippen molar-refractivity contribution < 1.29 is 14.6 Å². The SMILES string of the molecule is COc1cc(/C=N/NC(=O)CSc2nnc(-c3ccc(C)cc3)s2)ccc1O. The number of methoxy groups -OCH3 is 1. The van der Waals surface area contributed by atoms with Gasteiger partial charge in [-0.15, -0.1) is 10.2 Å². The number of hydrogen-bond acceptors (Lipinski definition) is 8. The number of rotatable bonds is 7. The van der Waals surface area contributed by atoms with E-state index < -0.39 is 0 Å². The zero-order valence-electron chi connectivity index (χ0n) is 15.2. The molecular formula is C19H18N4O3S2. The molecule has 0 unspecified atom stereocenters. The summed E-state index contributed by atoms with van der Waals surface area (Å²) in [7, 11) is 1.46. The van der Waals surface area contributed by atoms with Crippen molar-refractivity contribution in [3.63, 3.8) is 0 Å². The minimum Gasteiger partial charge on any atom is -0.504 e. The molecule has 7 nitrogen and oxygen atoms in total. The molecular weight excluding hydrogens is 396 g/mol. The van der Waals surface area contributed by atoms with Crippen LogP contribution in [0.1, 0.15) is 11.1 Å². The Labute approximate surface area is 170 Å². The van der Waals surface area contributed by atoms with E-state index in [2.05, 4.69) is 20.7 Å². The maximum Gasteiger partial charge on any atom is 0.250 e. The highest BCUT2D eigenvalue weighted by Crippen LogP contribution is 2.29. The van der Waals surface area contributed by atoms with Gasteiger partial charge in [-0.1, -0.05) is 52.9 Å². The largest absolute Gasteiger partial charge is 0.504 e. The highest BCUT2D eigenvalue weighted by molar-refractivity contribution is 8.01. The van der Waals surface area contributed by atoms with Crippen LogP contribution in [0, 0.1) is 6.92 Å². The van der Waals surface area contributed by atoms with Crippen LogP contribution in [0.4, 0.5) is 0 Å². The minimum atomic E-state index is -0.251. The first-order valence-electron chi connectivity index (χ1n) is 8.27. The molecule has 0 aliphatic carbocycles. The molecule has 0 saturated heterocycles. The van der Waals surface area contributed by atoms with Gasteiger partial charge in [0.1, 0.15) is 5.01 Å². The number of ether oxygens (including phenoxy) is 1. The second kappa shape index (κ2) is 9.34. The van der Waals surface area contributed by atoms with Crippen LogP contribution in [0.2, 0.25) is 0 Å².